The molecular formula is C24H25NO. The molecule has 26 heavy (non-hydrogen) atoms. The van der Waals surface area contributed by atoms with Gasteiger partial charge in [0.2, 0.25) is 5.91 Å². The molecule has 3 aromatic rings. The SMILES string of the molecule is C[C@H](CNC(=O)CC(c1ccccc1)c1ccccc1)c1ccccc1. The second-order valence-electron chi connectivity index (χ2n) is 6.69. The van der Waals surface area contributed by atoms with Crippen LogP contribution in [0.25, 0.3) is 0 Å². The number of hydrogen-bond acceptors (Lipinski definition) is 1. The Hall–Kier alpha value is -2.87. The maximum Gasteiger partial charge on any atom is 0.220 e. The minimum atomic E-state index is 0.0735. The van der Waals surface area contributed by atoms with Gasteiger partial charge in [0.1, 0.15) is 0 Å². The second kappa shape index (κ2) is 9.00. The molecule has 0 aliphatic carbocycles. The van der Waals surface area contributed by atoms with Crippen LogP contribution in [0.15, 0.2) is 91.0 Å². The van der Waals surface area contributed by atoms with Crippen molar-refractivity contribution in [2.45, 2.75) is 25.2 Å². The number of hydrogen-bond donors (Lipinski definition) is 1. The molecule has 1 N–H and O–H groups in total. The number of carbonyl (C=O) groups is 1. The third-order valence-electron chi connectivity index (χ3n) is 4.77. The van der Waals surface area contributed by atoms with Gasteiger partial charge in [0.05, 0.1) is 0 Å². The molecule has 0 saturated heterocycles. The van der Waals surface area contributed by atoms with Crippen molar-refractivity contribution in [1.29, 1.82) is 0 Å². The molecule has 0 heterocycles. The highest BCUT2D eigenvalue weighted by molar-refractivity contribution is 5.77. The first-order chi connectivity index (χ1) is 12.7. The quantitative estimate of drug-likeness (QED) is 0.633. The number of benzene rings is 3. The summed E-state index contributed by atoms with van der Waals surface area (Å²) < 4.78 is 0. The van der Waals surface area contributed by atoms with Crippen LogP contribution in [0.2, 0.25) is 0 Å². The molecule has 1 atom stereocenters. The summed E-state index contributed by atoms with van der Waals surface area (Å²) in [5.41, 5.74) is 3.59. The minimum Gasteiger partial charge on any atom is -0.355 e. The van der Waals surface area contributed by atoms with E-state index in [1.807, 2.05) is 54.6 Å². The van der Waals surface area contributed by atoms with Crippen molar-refractivity contribution >= 4 is 5.91 Å². The first-order valence-corrected chi connectivity index (χ1v) is 9.15. The summed E-state index contributed by atoms with van der Waals surface area (Å²) in [4.78, 5) is 12.6. The lowest BCUT2D eigenvalue weighted by atomic mass is 9.88. The van der Waals surface area contributed by atoms with E-state index < -0.39 is 0 Å². The molecule has 1 amide bonds. The summed E-state index contributed by atoms with van der Waals surface area (Å²) in [6.07, 6.45) is 0.454. The van der Waals surface area contributed by atoms with Gasteiger partial charge in [-0.05, 0) is 22.6 Å². The lowest BCUT2D eigenvalue weighted by Gasteiger charge is -2.19. The Labute approximate surface area is 155 Å². The fourth-order valence-electron chi connectivity index (χ4n) is 3.22. The Morgan fingerprint density at radius 2 is 1.15 bits per heavy atom. The van der Waals surface area contributed by atoms with Crippen molar-refractivity contribution in [3.8, 4) is 0 Å². The average Bonchev–Trinajstić information content (AvgIpc) is 2.72. The van der Waals surface area contributed by atoms with Gasteiger partial charge in [-0.1, -0.05) is 97.9 Å². The van der Waals surface area contributed by atoms with Crippen LogP contribution in [0.4, 0.5) is 0 Å². The largest absolute Gasteiger partial charge is 0.355 e. The molecule has 0 radical (unpaired) electrons. The summed E-state index contributed by atoms with van der Waals surface area (Å²) in [6.45, 7) is 2.79. The van der Waals surface area contributed by atoms with Crippen LogP contribution in [-0.2, 0) is 4.79 Å². The first kappa shape index (κ1) is 17.9. The fraction of sp³-hybridized carbons (Fsp3) is 0.208. The summed E-state index contributed by atoms with van der Waals surface area (Å²) in [7, 11) is 0. The molecule has 2 heteroatoms. The Morgan fingerprint density at radius 3 is 1.62 bits per heavy atom. The minimum absolute atomic E-state index is 0.0735. The molecule has 0 fully saturated rings. The zero-order valence-corrected chi connectivity index (χ0v) is 15.1. The van der Waals surface area contributed by atoms with E-state index in [0.29, 0.717) is 18.9 Å². The molecule has 0 aromatic heterocycles. The van der Waals surface area contributed by atoms with Crippen molar-refractivity contribution in [3.63, 3.8) is 0 Å². The number of amides is 1. The zero-order chi connectivity index (χ0) is 18.2. The average molecular weight is 343 g/mol. The topological polar surface area (TPSA) is 29.1 Å². The molecule has 0 aliphatic heterocycles. The van der Waals surface area contributed by atoms with E-state index in [0.717, 1.165) is 0 Å². The summed E-state index contributed by atoms with van der Waals surface area (Å²) in [5, 5.41) is 3.11. The number of carbonyl (C=O) groups excluding carboxylic acids is 1. The standard InChI is InChI=1S/C24H25NO/c1-19(20-11-5-2-6-12-20)18-25-24(26)17-23(21-13-7-3-8-14-21)22-15-9-4-10-16-22/h2-16,19,23H,17-18H2,1H3,(H,25,26)/t19-/m1/s1. The van der Waals surface area contributed by atoms with Gasteiger partial charge in [-0.3, -0.25) is 4.79 Å². The predicted octanol–water partition coefficient (Wildman–Crippen LogP) is 5.13. The van der Waals surface area contributed by atoms with Crippen LogP contribution in [-0.4, -0.2) is 12.5 Å². The fourth-order valence-corrected chi connectivity index (χ4v) is 3.22. The van der Waals surface area contributed by atoms with Crippen LogP contribution in [0.3, 0.4) is 0 Å². The highest BCUT2D eigenvalue weighted by Crippen LogP contribution is 2.27. The van der Waals surface area contributed by atoms with Crippen LogP contribution < -0.4 is 5.32 Å². The van der Waals surface area contributed by atoms with Crippen LogP contribution >= 0.6 is 0 Å². The second-order valence-corrected chi connectivity index (χ2v) is 6.69. The summed E-state index contributed by atoms with van der Waals surface area (Å²) >= 11 is 0. The van der Waals surface area contributed by atoms with E-state index in [1.165, 1.54) is 16.7 Å². The lowest BCUT2D eigenvalue weighted by molar-refractivity contribution is -0.121. The molecule has 0 aliphatic rings. The van der Waals surface area contributed by atoms with E-state index in [-0.39, 0.29) is 11.8 Å². The third-order valence-corrected chi connectivity index (χ3v) is 4.77. The summed E-state index contributed by atoms with van der Waals surface area (Å²) in [6, 6.07) is 30.8. The maximum atomic E-state index is 12.6. The van der Waals surface area contributed by atoms with Crippen molar-refractivity contribution in [1.82, 2.24) is 5.32 Å². The monoisotopic (exact) mass is 343 g/mol. The van der Waals surface area contributed by atoms with Crippen LogP contribution in [0.1, 0.15) is 41.9 Å². The van der Waals surface area contributed by atoms with Crippen molar-refractivity contribution < 1.29 is 4.79 Å². The number of rotatable bonds is 7. The molecule has 0 saturated carbocycles. The smallest absolute Gasteiger partial charge is 0.220 e. The van der Waals surface area contributed by atoms with Gasteiger partial charge in [0, 0.05) is 18.9 Å². The molecular weight excluding hydrogens is 318 g/mol. The lowest BCUT2D eigenvalue weighted by Crippen LogP contribution is -2.29. The third kappa shape index (κ3) is 4.82. The Balaban J connectivity index is 1.66. The predicted molar refractivity (Wildman–Crippen MR) is 107 cm³/mol. The summed E-state index contributed by atoms with van der Waals surface area (Å²) in [5.74, 6) is 0.460. The van der Waals surface area contributed by atoms with E-state index in [1.54, 1.807) is 0 Å². The van der Waals surface area contributed by atoms with Gasteiger partial charge in [0.25, 0.3) is 0 Å². The van der Waals surface area contributed by atoms with E-state index in [9.17, 15) is 4.79 Å². The van der Waals surface area contributed by atoms with Crippen LogP contribution in [0, 0.1) is 0 Å². The zero-order valence-electron chi connectivity index (χ0n) is 15.1. The molecule has 0 unspecified atom stereocenters. The van der Waals surface area contributed by atoms with E-state index in [2.05, 4.69) is 48.6 Å². The molecule has 3 aromatic carbocycles. The Bertz CT molecular complexity index is 760. The van der Waals surface area contributed by atoms with Gasteiger partial charge in [0.15, 0.2) is 0 Å². The highest BCUT2D eigenvalue weighted by atomic mass is 16.1. The molecule has 0 bridgehead atoms. The van der Waals surface area contributed by atoms with Crippen molar-refractivity contribution in [2.75, 3.05) is 6.54 Å². The van der Waals surface area contributed by atoms with Gasteiger partial charge < -0.3 is 5.32 Å². The van der Waals surface area contributed by atoms with Gasteiger partial charge in [-0.2, -0.15) is 0 Å². The highest BCUT2D eigenvalue weighted by Gasteiger charge is 2.18. The first-order valence-electron chi connectivity index (χ1n) is 9.15. The van der Waals surface area contributed by atoms with Gasteiger partial charge in [-0.15, -0.1) is 0 Å². The van der Waals surface area contributed by atoms with E-state index >= 15 is 0 Å². The number of nitrogens with one attached hydrogen (secondary N) is 1. The molecule has 0 spiro atoms. The maximum absolute atomic E-state index is 12.6. The van der Waals surface area contributed by atoms with Crippen molar-refractivity contribution in [3.05, 3.63) is 108 Å². The molecule has 2 nitrogen and oxygen atoms in total. The van der Waals surface area contributed by atoms with Crippen LogP contribution in [0.5, 0.6) is 0 Å². The molecule has 132 valence electrons. The van der Waals surface area contributed by atoms with Crippen molar-refractivity contribution in [2.24, 2.45) is 0 Å². The Morgan fingerprint density at radius 1 is 0.731 bits per heavy atom. The van der Waals surface area contributed by atoms with Gasteiger partial charge in [-0.25, -0.2) is 0 Å². The normalized spacial score (nSPS) is 11.9. The molecule has 3 rings (SSSR count). The van der Waals surface area contributed by atoms with E-state index in [4.69, 9.17) is 0 Å². The Kier molecular flexibility index (Phi) is 6.21. The van der Waals surface area contributed by atoms with Gasteiger partial charge >= 0.3 is 0 Å².